The quantitative estimate of drug-likeness (QED) is 0.243. The van der Waals surface area contributed by atoms with Gasteiger partial charge >= 0.3 is 19.4 Å². The number of aliphatic hydroxyl groups is 2. The van der Waals surface area contributed by atoms with Crippen LogP contribution in [0.15, 0.2) is 41.3 Å². The topological polar surface area (TPSA) is 184 Å². The van der Waals surface area contributed by atoms with Crippen LogP contribution < -0.4 is 21.0 Å². The van der Waals surface area contributed by atoms with Gasteiger partial charge in [0.25, 0.3) is 0 Å². The third-order valence-corrected chi connectivity index (χ3v) is 7.31. The van der Waals surface area contributed by atoms with Crippen LogP contribution in [0, 0.1) is 0 Å². The molecule has 1 aliphatic rings. The minimum atomic E-state index is -4.27. The maximum atomic E-state index is 13.6. The Bertz CT molecular complexity index is 1210. The number of nitrogen functional groups attached to an aromatic ring is 1. The molecule has 0 spiro atoms. The summed E-state index contributed by atoms with van der Waals surface area (Å²) in [7, 11) is -4.27. The number of rotatable bonds is 10. The van der Waals surface area contributed by atoms with Crippen molar-refractivity contribution in [2.24, 2.45) is 0 Å². The lowest BCUT2D eigenvalue weighted by molar-refractivity contribution is -0.149. The van der Waals surface area contributed by atoms with E-state index in [2.05, 4.69) is 10.1 Å². The number of ether oxygens (including phenoxy) is 2. The molecule has 13 nitrogen and oxygen atoms in total. The first-order valence-corrected chi connectivity index (χ1v) is 13.2. The summed E-state index contributed by atoms with van der Waals surface area (Å²) in [4.78, 5) is 28.2. The number of benzene rings is 1. The second-order valence-electron chi connectivity index (χ2n) is 8.90. The third kappa shape index (κ3) is 6.88. The van der Waals surface area contributed by atoms with Crippen molar-refractivity contribution in [1.29, 1.82) is 0 Å². The standard InChI is InChI=1S/C22H30ClN4O9P/c1-12(2)34-19(29)13(3)26-37(32,36-14-8-6-5-7-9-14)33-11-16-17(28)22(4,31)20(35-16)27-10-15(23)18(24)25-21(27)30/h5-10,12-13,16-17,20,28,31H,11H2,1-4H3,(H,26,32)(H2,24,25,30)/t13-,16-,17-,20?,22-,37?/m1/s1. The molecule has 0 aliphatic carbocycles. The number of carbonyl (C=O) groups excluding carboxylic acids is 1. The van der Waals surface area contributed by atoms with Gasteiger partial charge in [0.1, 0.15) is 35.4 Å². The van der Waals surface area contributed by atoms with E-state index in [4.69, 9.17) is 35.9 Å². The smallest absolute Gasteiger partial charge is 0.459 e. The van der Waals surface area contributed by atoms with Crippen LogP contribution in [0.4, 0.5) is 5.82 Å². The van der Waals surface area contributed by atoms with E-state index in [1.165, 1.54) is 26.0 Å². The number of carbonyl (C=O) groups is 1. The van der Waals surface area contributed by atoms with Gasteiger partial charge in [-0.3, -0.25) is 13.9 Å². The van der Waals surface area contributed by atoms with E-state index in [1.54, 1.807) is 32.0 Å². The first-order chi connectivity index (χ1) is 17.2. The lowest BCUT2D eigenvalue weighted by atomic mass is 9.96. The van der Waals surface area contributed by atoms with Crippen LogP contribution in [0.2, 0.25) is 5.02 Å². The molecule has 0 amide bonds. The summed E-state index contributed by atoms with van der Waals surface area (Å²) in [5.41, 5.74) is 2.66. The van der Waals surface area contributed by atoms with E-state index in [1.807, 2.05) is 0 Å². The van der Waals surface area contributed by atoms with Crippen LogP contribution in [0.25, 0.3) is 0 Å². The normalized spacial score (nSPS) is 26.0. The lowest BCUT2D eigenvalue weighted by Gasteiger charge is -2.27. The Morgan fingerprint density at radius 1 is 1.35 bits per heavy atom. The van der Waals surface area contributed by atoms with Gasteiger partial charge in [0, 0.05) is 6.20 Å². The molecule has 1 saturated heterocycles. The van der Waals surface area contributed by atoms with E-state index in [0.717, 1.165) is 10.8 Å². The third-order valence-electron chi connectivity index (χ3n) is 5.38. The number of hydrogen-bond acceptors (Lipinski definition) is 11. The maximum absolute atomic E-state index is 13.6. The number of nitrogens with zero attached hydrogens (tertiary/aromatic N) is 2. The predicted molar refractivity (Wildman–Crippen MR) is 133 cm³/mol. The number of aliphatic hydroxyl groups excluding tert-OH is 1. The Hall–Kier alpha value is -2.51. The minimum Gasteiger partial charge on any atom is -0.462 e. The molecule has 1 aromatic heterocycles. The highest BCUT2D eigenvalue weighted by atomic mass is 35.5. The van der Waals surface area contributed by atoms with Gasteiger partial charge in [0.15, 0.2) is 6.23 Å². The summed E-state index contributed by atoms with van der Waals surface area (Å²) in [6.07, 6.45) is -3.61. The van der Waals surface area contributed by atoms with Crippen molar-refractivity contribution in [2.45, 2.75) is 63.9 Å². The molecule has 204 valence electrons. The molecule has 1 aromatic carbocycles. The Morgan fingerprint density at radius 2 is 2.00 bits per heavy atom. The van der Waals surface area contributed by atoms with Gasteiger partial charge in [-0.1, -0.05) is 29.8 Å². The summed E-state index contributed by atoms with van der Waals surface area (Å²) in [6.45, 7) is 5.42. The Balaban J connectivity index is 1.81. The highest BCUT2D eigenvalue weighted by Gasteiger charge is 2.54. The van der Waals surface area contributed by atoms with E-state index in [-0.39, 0.29) is 16.6 Å². The first-order valence-electron chi connectivity index (χ1n) is 11.3. The van der Waals surface area contributed by atoms with Crippen molar-refractivity contribution >= 4 is 31.1 Å². The van der Waals surface area contributed by atoms with E-state index < -0.39 is 62.2 Å². The monoisotopic (exact) mass is 560 g/mol. The van der Waals surface area contributed by atoms with Crippen LogP contribution in [0.5, 0.6) is 5.75 Å². The van der Waals surface area contributed by atoms with Gasteiger partial charge in [-0.15, -0.1) is 0 Å². The zero-order valence-electron chi connectivity index (χ0n) is 20.6. The molecule has 3 rings (SSSR count). The second kappa shape index (κ2) is 11.5. The van der Waals surface area contributed by atoms with Crippen LogP contribution in [-0.4, -0.2) is 62.3 Å². The fourth-order valence-electron chi connectivity index (χ4n) is 3.51. The van der Waals surface area contributed by atoms with E-state index >= 15 is 0 Å². The molecule has 1 aliphatic heterocycles. The first kappa shape index (κ1) is 29.1. The highest BCUT2D eigenvalue weighted by molar-refractivity contribution is 7.52. The molecule has 1 fully saturated rings. The van der Waals surface area contributed by atoms with Crippen molar-refractivity contribution in [1.82, 2.24) is 14.6 Å². The van der Waals surface area contributed by atoms with E-state index in [0.29, 0.717) is 0 Å². The summed E-state index contributed by atoms with van der Waals surface area (Å²) in [5, 5.41) is 24.1. The van der Waals surface area contributed by atoms with Crippen molar-refractivity contribution < 1.29 is 38.1 Å². The van der Waals surface area contributed by atoms with Crippen molar-refractivity contribution in [3.05, 3.63) is 52.0 Å². The van der Waals surface area contributed by atoms with Crippen molar-refractivity contribution in [2.75, 3.05) is 12.3 Å². The Labute approximate surface area is 218 Å². The summed E-state index contributed by atoms with van der Waals surface area (Å²) >= 11 is 5.96. The van der Waals surface area contributed by atoms with E-state index in [9.17, 15) is 24.4 Å². The molecular weight excluding hydrogens is 531 g/mol. The summed E-state index contributed by atoms with van der Waals surface area (Å²) in [6, 6.07) is 6.97. The predicted octanol–water partition coefficient (Wildman–Crippen LogP) is 1.62. The minimum absolute atomic E-state index is 0.0691. The molecule has 2 heterocycles. The molecule has 6 atom stereocenters. The highest BCUT2D eigenvalue weighted by Crippen LogP contribution is 2.47. The van der Waals surface area contributed by atoms with Crippen LogP contribution in [0.1, 0.15) is 33.9 Å². The number of aromatic nitrogens is 2. The largest absolute Gasteiger partial charge is 0.462 e. The summed E-state index contributed by atoms with van der Waals surface area (Å²) < 4.78 is 36.4. The molecule has 2 unspecified atom stereocenters. The van der Waals surface area contributed by atoms with Crippen LogP contribution >= 0.6 is 19.3 Å². The molecule has 37 heavy (non-hydrogen) atoms. The van der Waals surface area contributed by atoms with Crippen LogP contribution in [-0.2, 0) is 23.4 Å². The number of anilines is 1. The molecule has 5 N–H and O–H groups in total. The van der Waals surface area contributed by atoms with Gasteiger partial charge < -0.3 is 29.9 Å². The molecule has 0 bridgehead atoms. The molecule has 0 radical (unpaired) electrons. The van der Waals surface area contributed by atoms with Crippen molar-refractivity contribution in [3.8, 4) is 5.75 Å². The Kier molecular flexibility index (Phi) is 9.01. The summed E-state index contributed by atoms with van der Waals surface area (Å²) in [5.74, 6) is -0.728. The molecule has 2 aromatic rings. The number of halogens is 1. The number of para-hydroxylation sites is 1. The van der Waals surface area contributed by atoms with Gasteiger partial charge in [-0.05, 0) is 39.8 Å². The maximum Gasteiger partial charge on any atom is 0.459 e. The fraction of sp³-hybridized carbons (Fsp3) is 0.500. The van der Waals surface area contributed by atoms with Crippen molar-refractivity contribution in [3.63, 3.8) is 0 Å². The fourth-order valence-corrected chi connectivity index (χ4v) is 5.16. The number of esters is 1. The number of nitrogens with two attached hydrogens (primary N) is 1. The molecule has 0 saturated carbocycles. The van der Waals surface area contributed by atoms with Gasteiger partial charge in [-0.25, -0.2) is 9.36 Å². The SMILES string of the molecule is CC(C)OC(=O)[C@@H](C)NP(=O)(OC[C@H]1OC(n2cc(Cl)c(N)nc2=O)[C@](C)(O)[C@@H]1O)Oc1ccccc1. The number of nitrogens with one attached hydrogen (secondary N) is 1. The second-order valence-corrected chi connectivity index (χ2v) is 11.0. The number of hydrogen-bond donors (Lipinski definition) is 4. The zero-order valence-corrected chi connectivity index (χ0v) is 22.3. The zero-order chi connectivity index (χ0) is 27.5. The Morgan fingerprint density at radius 3 is 2.62 bits per heavy atom. The lowest BCUT2D eigenvalue weighted by Crippen LogP contribution is -2.46. The van der Waals surface area contributed by atoms with Gasteiger partial charge in [-0.2, -0.15) is 10.1 Å². The average Bonchev–Trinajstić information content (AvgIpc) is 3.03. The van der Waals surface area contributed by atoms with Gasteiger partial charge in [0.2, 0.25) is 0 Å². The van der Waals surface area contributed by atoms with Gasteiger partial charge in [0.05, 0.1) is 17.7 Å². The van der Waals surface area contributed by atoms with Crippen LogP contribution in [0.3, 0.4) is 0 Å². The molecular formula is C22H30ClN4O9P. The molecule has 15 heteroatoms. The average molecular weight is 561 g/mol.